The molecule has 1 fully saturated rings. The standard InChI is InChI=1S/C23H31N5O3/c1-3-12-28-23(31)27-13-11-18(9-10-20(27)26-28)24-22(30)17-8-7-15(2)19(14-17)25-21(29)16-5-4-6-16/h7-8,14,16,18H,3-6,9-13H2,1-2H3,(H,24,30)(H,25,29). The highest BCUT2D eigenvalue weighted by Gasteiger charge is 2.26. The SMILES string of the molecule is CCCn1nc2n(c1=O)CCC(NC(=O)c1ccc(C)c(NC(=O)C3CCC3)c1)CC2. The van der Waals surface area contributed by atoms with Gasteiger partial charge in [0.15, 0.2) is 0 Å². The van der Waals surface area contributed by atoms with Crippen LogP contribution in [0.1, 0.15) is 67.2 Å². The Bertz CT molecular complexity index is 1030. The van der Waals surface area contributed by atoms with Gasteiger partial charge in [-0.15, -0.1) is 0 Å². The number of nitrogens with zero attached hydrogens (tertiary/aromatic N) is 3. The second-order valence-corrected chi connectivity index (χ2v) is 8.72. The zero-order valence-corrected chi connectivity index (χ0v) is 18.3. The first kappa shape index (κ1) is 21.3. The van der Waals surface area contributed by atoms with Gasteiger partial charge in [-0.3, -0.25) is 14.2 Å². The van der Waals surface area contributed by atoms with Crippen LogP contribution in [-0.2, 0) is 24.3 Å². The zero-order valence-electron chi connectivity index (χ0n) is 18.3. The van der Waals surface area contributed by atoms with E-state index in [4.69, 9.17) is 0 Å². The third-order valence-corrected chi connectivity index (χ3v) is 6.42. The lowest BCUT2D eigenvalue weighted by Gasteiger charge is -2.24. The van der Waals surface area contributed by atoms with Crippen LogP contribution in [0.25, 0.3) is 0 Å². The molecule has 1 aromatic carbocycles. The Balaban J connectivity index is 1.39. The van der Waals surface area contributed by atoms with Gasteiger partial charge in [0, 0.05) is 42.7 Å². The van der Waals surface area contributed by atoms with E-state index in [1.165, 1.54) is 0 Å². The average molecular weight is 426 g/mol. The lowest BCUT2D eigenvalue weighted by Crippen LogP contribution is -2.36. The van der Waals surface area contributed by atoms with Gasteiger partial charge in [0.05, 0.1) is 0 Å². The van der Waals surface area contributed by atoms with Crippen LogP contribution in [0.5, 0.6) is 0 Å². The van der Waals surface area contributed by atoms with Crippen LogP contribution in [0.15, 0.2) is 23.0 Å². The Labute approximate surface area is 182 Å². The molecule has 1 aliphatic carbocycles. The van der Waals surface area contributed by atoms with Crippen molar-refractivity contribution in [2.45, 2.75) is 77.9 Å². The maximum Gasteiger partial charge on any atom is 0.345 e. The predicted molar refractivity (Wildman–Crippen MR) is 118 cm³/mol. The molecule has 2 N–H and O–H groups in total. The molecule has 2 amide bonds. The van der Waals surface area contributed by atoms with Gasteiger partial charge in [-0.25, -0.2) is 9.48 Å². The van der Waals surface area contributed by atoms with Gasteiger partial charge >= 0.3 is 5.69 Å². The summed E-state index contributed by atoms with van der Waals surface area (Å²) < 4.78 is 3.28. The lowest BCUT2D eigenvalue weighted by atomic mass is 9.84. The first-order valence-corrected chi connectivity index (χ1v) is 11.3. The molecule has 31 heavy (non-hydrogen) atoms. The number of aryl methyl sites for hydroxylation is 3. The fourth-order valence-electron chi connectivity index (χ4n) is 4.20. The van der Waals surface area contributed by atoms with Gasteiger partial charge in [0.1, 0.15) is 5.82 Å². The Morgan fingerprint density at radius 2 is 2.00 bits per heavy atom. The van der Waals surface area contributed by atoms with Crippen molar-refractivity contribution in [1.82, 2.24) is 19.7 Å². The number of amides is 2. The molecule has 2 heterocycles. The number of benzene rings is 1. The quantitative estimate of drug-likeness (QED) is 0.743. The molecule has 1 saturated carbocycles. The highest BCUT2D eigenvalue weighted by Crippen LogP contribution is 2.28. The molecule has 1 atom stereocenters. The summed E-state index contributed by atoms with van der Waals surface area (Å²) >= 11 is 0. The van der Waals surface area contributed by atoms with Crippen molar-refractivity contribution in [3.8, 4) is 0 Å². The number of fused-ring (bicyclic) bond motifs is 1. The van der Waals surface area contributed by atoms with Crippen LogP contribution in [0.3, 0.4) is 0 Å². The minimum Gasteiger partial charge on any atom is -0.349 e. The van der Waals surface area contributed by atoms with E-state index >= 15 is 0 Å². The maximum absolute atomic E-state index is 12.9. The third kappa shape index (κ3) is 4.57. The van der Waals surface area contributed by atoms with Crippen molar-refractivity contribution in [3.05, 3.63) is 45.6 Å². The Hall–Kier alpha value is -2.90. The molecule has 0 bridgehead atoms. The van der Waals surface area contributed by atoms with Gasteiger partial charge in [-0.2, -0.15) is 5.10 Å². The number of nitrogens with one attached hydrogen (secondary N) is 2. The van der Waals surface area contributed by atoms with Crippen LogP contribution in [-0.4, -0.2) is 32.2 Å². The van der Waals surface area contributed by atoms with Crippen molar-refractivity contribution in [2.24, 2.45) is 5.92 Å². The summed E-state index contributed by atoms with van der Waals surface area (Å²) in [5, 5.41) is 10.5. The summed E-state index contributed by atoms with van der Waals surface area (Å²) in [5.74, 6) is 0.772. The number of hydrogen-bond donors (Lipinski definition) is 2. The van der Waals surface area contributed by atoms with E-state index in [1.54, 1.807) is 21.4 Å². The second kappa shape index (κ2) is 9.08. The minimum atomic E-state index is -0.160. The summed E-state index contributed by atoms with van der Waals surface area (Å²) in [6, 6.07) is 5.38. The van der Waals surface area contributed by atoms with Gasteiger partial charge in [-0.1, -0.05) is 19.4 Å². The molecule has 8 nitrogen and oxygen atoms in total. The molecule has 0 radical (unpaired) electrons. The van der Waals surface area contributed by atoms with Crippen LogP contribution in [0.2, 0.25) is 0 Å². The van der Waals surface area contributed by atoms with Crippen molar-refractivity contribution in [2.75, 3.05) is 5.32 Å². The number of carbonyl (C=O) groups is 2. The molecule has 0 saturated heterocycles. The van der Waals surface area contributed by atoms with Crippen LogP contribution >= 0.6 is 0 Å². The minimum absolute atomic E-state index is 0.0254. The first-order chi connectivity index (χ1) is 15.0. The smallest absolute Gasteiger partial charge is 0.345 e. The lowest BCUT2D eigenvalue weighted by molar-refractivity contribution is -0.122. The molecular formula is C23H31N5O3. The number of hydrogen-bond acceptors (Lipinski definition) is 4. The summed E-state index contributed by atoms with van der Waals surface area (Å²) in [4.78, 5) is 37.7. The van der Waals surface area contributed by atoms with E-state index in [-0.39, 0.29) is 29.5 Å². The summed E-state index contributed by atoms with van der Waals surface area (Å²) in [7, 11) is 0. The molecule has 166 valence electrons. The predicted octanol–water partition coefficient (Wildman–Crippen LogP) is 2.64. The molecule has 1 aliphatic heterocycles. The Morgan fingerprint density at radius 3 is 2.71 bits per heavy atom. The summed E-state index contributed by atoms with van der Waals surface area (Å²) in [6.45, 7) is 5.14. The van der Waals surface area contributed by atoms with Gasteiger partial charge in [0.2, 0.25) is 5.91 Å². The van der Waals surface area contributed by atoms with Crippen LogP contribution in [0, 0.1) is 12.8 Å². The van der Waals surface area contributed by atoms with Gasteiger partial charge in [0.25, 0.3) is 5.91 Å². The summed E-state index contributed by atoms with van der Waals surface area (Å²) in [6.07, 6.45) is 5.94. The van der Waals surface area contributed by atoms with Crippen molar-refractivity contribution in [3.63, 3.8) is 0 Å². The number of carbonyl (C=O) groups excluding carboxylic acids is 2. The topological polar surface area (TPSA) is 98.0 Å². The number of anilines is 1. The molecule has 1 unspecified atom stereocenters. The van der Waals surface area contributed by atoms with Crippen LogP contribution in [0.4, 0.5) is 5.69 Å². The van der Waals surface area contributed by atoms with Gasteiger partial charge < -0.3 is 10.6 Å². The molecule has 0 spiro atoms. The zero-order chi connectivity index (χ0) is 22.0. The summed E-state index contributed by atoms with van der Waals surface area (Å²) in [5.41, 5.74) is 2.10. The average Bonchev–Trinajstić information content (AvgIpc) is 2.86. The van der Waals surface area contributed by atoms with Crippen molar-refractivity contribution in [1.29, 1.82) is 0 Å². The molecule has 2 aromatic rings. The van der Waals surface area contributed by atoms with Crippen molar-refractivity contribution >= 4 is 17.5 Å². The molecule has 1 aromatic heterocycles. The fraction of sp³-hybridized carbons (Fsp3) is 0.565. The fourth-order valence-corrected chi connectivity index (χ4v) is 4.20. The highest BCUT2D eigenvalue weighted by molar-refractivity contribution is 5.98. The van der Waals surface area contributed by atoms with Crippen LogP contribution < -0.4 is 16.3 Å². The molecule has 4 rings (SSSR count). The largest absolute Gasteiger partial charge is 0.349 e. The molecule has 2 aliphatic rings. The van der Waals surface area contributed by atoms with E-state index in [1.807, 2.05) is 19.9 Å². The molecule has 8 heteroatoms. The molecular weight excluding hydrogens is 394 g/mol. The Morgan fingerprint density at radius 1 is 1.19 bits per heavy atom. The third-order valence-electron chi connectivity index (χ3n) is 6.42. The van der Waals surface area contributed by atoms with Crippen molar-refractivity contribution < 1.29 is 9.59 Å². The maximum atomic E-state index is 12.9. The van der Waals surface area contributed by atoms with Gasteiger partial charge in [-0.05, 0) is 56.7 Å². The monoisotopic (exact) mass is 425 g/mol. The number of aromatic nitrogens is 3. The second-order valence-electron chi connectivity index (χ2n) is 8.72. The van der Waals surface area contributed by atoms with E-state index in [0.717, 1.165) is 43.5 Å². The Kier molecular flexibility index (Phi) is 6.25. The normalized spacial score (nSPS) is 18.6. The van der Waals surface area contributed by atoms with E-state index in [9.17, 15) is 14.4 Å². The first-order valence-electron chi connectivity index (χ1n) is 11.3. The highest BCUT2D eigenvalue weighted by atomic mass is 16.2. The van der Waals surface area contributed by atoms with E-state index in [0.29, 0.717) is 37.2 Å². The number of rotatable bonds is 6. The van der Waals surface area contributed by atoms with E-state index in [2.05, 4.69) is 15.7 Å². The van der Waals surface area contributed by atoms with E-state index < -0.39 is 0 Å².